The molecule has 0 aliphatic carbocycles. The fraction of sp³-hybridized carbons (Fsp3) is 0.438. The molecule has 2 saturated heterocycles. The van der Waals surface area contributed by atoms with Gasteiger partial charge in [0.2, 0.25) is 23.6 Å². The van der Waals surface area contributed by atoms with Crippen LogP contribution in [-0.4, -0.2) is 118 Å². The first-order chi connectivity index (χ1) is 38.3. The Hall–Kier alpha value is -6.43. The molecule has 16 heteroatoms. The van der Waals surface area contributed by atoms with Crippen LogP contribution >= 0.6 is 11.6 Å². The molecule has 8 N–H and O–H groups in total. The number of halogens is 1. The molecule has 7 rings (SSSR count). The Labute approximate surface area is 477 Å². The SMILES string of the molecule is CC(OCc1ccccc1)[C@H](NC(=O)[C@H](C)N)C(=O)N1CCC[C@H]1/C=C/[C@](C)(CO)Cc1cccc(-c2ccco2)c1.CC(OCc1ccccc1)[C@H](NC(=O)[C@H](C)N)C(=O)N1CCC[C@H]1/C=C/[C@](C)(CO)Cc1cccc(Cl)c1. The van der Waals surface area contributed by atoms with Crippen molar-refractivity contribution < 1.29 is 43.3 Å². The summed E-state index contributed by atoms with van der Waals surface area (Å²) < 4.78 is 17.6. The summed E-state index contributed by atoms with van der Waals surface area (Å²) in [6.07, 6.45) is 13.1. The lowest BCUT2D eigenvalue weighted by Crippen LogP contribution is -2.57. The number of nitrogens with zero attached hydrogens (tertiary/aromatic N) is 2. The lowest BCUT2D eigenvalue weighted by molar-refractivity contribution is -0.141. The van der Waals surface area contributed by atoms with Crippen molar-refractivity contribution in [2.45, 2.75) is 142 Å². The summed E-state index contributed by atoms with van der Waals surface area (Å²) in [4.78, 5) is 56.4. The van der Waals surface area contributed by atoms with Crippen LogP contribution in [-0.2, 0) is 54.7 Å². The first-order valence-electron chi connectivity index (χ1n) is 27.8. The van der Waals surface area contributed by atoms with Gasteiger partial charge in [0.25, 0.3) is 0 Å². The van der Waals surface area contributed by atoms with Gasteiger partial charge in [-0.05, 0) is 119 Å². The molecule has 1 aromatic heterocycles. The van der Waals surface area contributed by atoms with Crippen molar-refractivity contribution in [2.75, 3.05) is 26.3 Å². The molecule has 5 aromatic rings. The van der Waals surface area contributed by atoms with Gasteiger partial charge < -0.3 is 56.0 Å². The number of aliphatic hydroxyl groups is 2. The van der Waals surface area contributed by atoms with Gasteiger partial charge in [0.15, 0.2) is 0 Å². The minimum absolute atomic E-state index is 0.0475. The first-order valence-corrected chi connectivity index (χ1v) is 28.2. The highest BCUT2D eigenvalue weighted by molar-refractivity contribution is 6.30. The average molecular weight is 1120 g/mol. The zero-order chi connectivity index (χ0) is 57.8. The van der Waals surface area contributed by atoms with Gasteiger partial charge in [0.05, 0.1) is 69.1 Å². The second-order valence-corrected chi connectivity index (χ2v) is 22.5. The number of carbonyl (C=O) groups is 4. The third-order valence-corrected chi connectivity index (χ3v) is 15.0. The number of benzene rings is 4. The van der Waals surface area contributed by atoms with Gasteiger partial charge in [0, 0.05) is 34.5 Å². The van der Waals surface area contributed by atoms with Crippen molar-refractivity contribution in [3.05, 3.63) is 179 Å². The van der Waals surface area contributed by atoms with Gasteiger partial charge in [0.1, 0.15) is 17.8 Å². The normalized spacial score (nSPS) is 19.2. The Bertz CT molecular complexity index is 2800. The van der Waals surface area contributed by atoms with E-state index < -0.39 is 59.0 Å². The first kappa shape index (κ1) is 62.8. The Morgan fingerprint density at radius 1 is 0.637 bits per heavy atom. The van der Waals surface area contributed by atoms with E-state index in [1.807, 2.05) is 153 Å². The number of aliphatic hydroxyl groups excluding tert-OH is 2. The third kappa shape index (κ3) is 18.6. The smallest absolute Gasteiger partial charge is 0.248 e. The molecule has 10 atom stereocenters. The van der Waals surface area contributed by atoms with Gasteiger partial charge in [-0.1, -0.05) is 141 Å². The van der Waals surface area contributed by atoms with Crippen LogP contribution in [0.1, 0.15) is 89.5 Å². The molecule has 2 aliphatic heterocycles. The monoisotopic (exact) mass is 1110 g/mol. The molecule has 15 nitrogen and oxygen atoms in total. The van der Waals surface area contributed by atoms with Gasteiger partial charge in [-0.3, -0.25) is 19.2 Å². The van der Waals surface area contributed by atoms with Crippen molar-refractivity contribution in [3.8, 4) is 11.3 Å². The Morgan fingerprint density at radius 2 is 1.07 bits per heavy atom. The van der Waals surface area contributed by atoms with E-state index in [1.165, 1.54) is 0 Å². The van der Waals surface area contributed by atoms with Crippen molar-refractivity contribution in [1.29, 1.82) is 0 Å². The molecule has 2 unspecified atom stereocenters. The number of rotatable bonds is 25. The number of ether oxygens (including phenoxy) is 2. The lowest BCUT2D eigenvalue weighted by Gasteiger charge is -2.32. The molecule has 4 amide bonds. The summed E-state index contributed by atoms with van der Waals surface area (Å²) >= 11 is 6.15. The number of likely N-dealkylation sites (tertiary alicyclic amines) is 2. The highest BCUT2D eigenvalue weighted by atomic mass is 35.5. The third-order valence-electron chi connectivity index (χ3n) is 14.8. The highest BCUT2D eigenvalue weighted by Crippen LogP contribution is 2.31. The lowest BCUT2D eigenvalue weighted by atomic mass is 9.83. The number of carbonyl (C=O) groups excluding carboxylic acids is 4. The molecule has 430 valence electrons. The van der Waals surface area contributed by atoms with Crippen molar-refractivity contribution in [1.82, 2.24) is 20.4 Å². The van der Waals surface area contributed by atoms with E-state index in [1.54, 1.807) is 43.8 Å². The number of nitrogens with one attached hydrogen (secondary N) is 2. The van der Waals surface area contributed by atoms with E-state index in [-0.39, 0.29) is 37.1 Å². The van der Waals surface area contributed by atoms with Gasteiger partial charge in [-0.15, -0.1) is 0 Å². The highest BCUT2D eigenvalue weighted by Gasteiger charge is 2.39. The minimum atomic E-state index is -0.880. The van der Waals surface area contributed by atoms with E-state index in [0.717, 1.165) is 59.3 Å². The van der Waals surface area contributed by atoms with Crippen LogP contribution in [0.5, 0.6) is 0 Å². The van der Waals surface area contributed by atoms with Gasteiger partial charge in [-0.25, -0.2) is 0 Å². The van der Waals surface area contributed by atoms with Crippen LogP contribution in [0.2, 0.25) is 5.02 Å². The van der Waals surface area contributed by atoms with Crippen molar-refractivity contribution in [3.63, 3.8) is 0 Å². The van der Waals surface area contributed by atoms with Gasteiger partial charge in [-0.2, -0.15) is 0 Å². The summed E-state index contributed by atoms with van der Waals surface area (Å²) in [6.45, 7) is 12.5. The Morgan fingerprint density at radius 3 is 1.49 bits per heavy atom. The molecule has 0 saturated carbocycles. The molecule has 2 fully saturated rings. The quantitative estimate of drug-likeness (QED) is 0.0305. The molecule has 0 bridgehead atoms. The number of hydrogen-bond acceptors (Lipinski definition) is 11. The summed E-state index contributed by atoms with van der Waals surface area (Å²) in [5.74, 6) is -0.412. The molecule has 0 radical (unpaired) electrons. The topological polar surface area (TPSA) is 223 Å². The standard InChI is InChI=1S/C34H43N3O5.C30H40ClN3O4/c1-24(35)32(39)36-31(25(2)42-22-26-10-5-4-6-11-26)33(40)37-18-8-14-29(37)16-17-34(3,23-38)21-27-12-7-13-28(20-27)30-15-9-19-41-30;1-21(32)28(36)33-27(22(2)38-19-23-9-5-4-6-10-23)29(37)34-16-8-13-26(34)14-15-30(3,20-35)18-24-11-7-12-25(31)17-24/h4-7,9-13,15-17,19-20,24-25,29,31,38H,8,14,18,21-23,35H2,1-3H3,(H,36,39);4-7,9-12,14-15,17,21-22,26-27,35H,8,13,16,18-20,32H2,1-3H3,(H,33,36)/b17-16+;15-14+/t24-,25?,29-,31-,34-;21-,22?,26-,27-,30-/m00/s1. The molecular weight excluding hydrogens is 1030 g/mol. The molecular formula is C64H83ClN6O9. The van der Waals surface area contributed by atoms with Crippen LogP contribution in [0, 0.1) is 10.8 Å². The van der Waals surface area contributed by atoms with Crippen molar-refractivity contribution >= 4 is 35.2 Å². The summed E-state index contributed by atoms with van der Waals surface area (Å²) in [5.41, 5.74) is 15.6. The van der Waals surface area contributed by atoms with Crippen LogP contribution < -0.4 is 22.1 Å². The maximum atomic E-state index is 13.9. The number of amides is 4. The molecule has 2 aliphatic rings. The largest absolute Gasteiger partial charge is 0.464 e. The predicted molar refractivity (Wildman–Crippen MR) is 314 cm³/mol. The fourth-order valence-corrected chi connectivity index (χ4v) is 10.1. The van der Waals surface area contributed by atoms with Crippen LogP contribution in [0.25, 0.3) is 11.3 Å². The van der Waals surface area contributed by atoms with E-state index in [9.17, 15) is 29.4 Å². The number of hydrogen-bond donors (Lipinski definition) is 6. The zero-order valence-corrected chi connectivity index (χ0v) is 48.0. The maximum Gasteiger partial charge on any atom is 0.248 e. The number of nitrogens with two attached hydrogens (primary N) is 2. The zero-order valence-electron chi connectivity index (χ0n) is 47.2. The number of furan rings is 1. The van der Waals surface area contributed by atoms with E-state index >= 15 is 0 Å². The second kappa shape index (κ2) is 30.4. The van der Waals surface area contributed by atoms with Gasteiger partial charge >= 0.3 is 0 Å². The van der Waals surface area contributed by atoms with E-state index in [4.69, 9.17) is 37.0 Å². The molecule has 4 aromatic carbocycles. The van der Waals surface area contributed by atoms with Crippen LogP contribution in [0.4, 0.5) is 0 Å². The van der Waals surface area contributed by atoms with Crippen LogP contribution in [0.3, 0.4) is 0 Å². The predicted octanol–water partition coefficient (Wildman–Crippen LogP) is 8.34. The molecule has 3 heterocycles. The summed E-state index contributed by atoms with van der Waals surface area (Å²) in [7, 11) is 0. The molecule has 0 spiro atoms. The van der Waals surface area contributed by atoms with E-state index in [2.05, 4.69) is 16.7 Å². The van der Waals surface area contributed by atoms with Crippen molar-refractivity contribution in [2.24, 2.45) is 22.3 Å². The maximum absolute atomic E-state index is 13.9. The fourth-order valence-electron chi connectivity index (χ4n) is 9.89. The minimum Gasteiger partial charge on any atom is -0.464 e. The summed E-state index contributed by atoms with van der Waals surface area (Å²) in [6, 6.07) is 35.3. The van der Waals surface area contributed by atoms with E-state index in [0.29, 0.717) is 44.2 Å². The second-order valence-electron chi connectivity index (χ2n) is 22.0. The van der Waals surface area contributed by atoms with Crippen LogP contribution in [0.15, 0.2) is 156 Å². The Kier molecular flexibility index (Phi) is 23.9. The summed E-state index contributed by atoms with van der Waals surface area (Å²) in [5, 5.41) is 26.9. The Balaban J connectivity index is 0.000000259. The molecule has 80 heavy (non-hydrogen) atoms. The average Bonchev–Trinajstić information content (AvgIpc) is 4.28.